The highest BCUT2D eigenvalue weighted by Crippen LogP contribution is 2.14. The zero-order valence-electron chi connectivity index (χ0n) is 14.5. The maximum atomic E-state index is 11.3. The van der Waals surface area contributed by atoms with Gasteiger partial charge in [0, 0.05) is 18.9 Å². The summed E-state index contributed by atoms with van der Waals surface area (Å²) >= 11 is 0. The van der Waals surface area contributed by atoms with E-state index in [0.29, 0.717) is 12.0 Å². The van der Waals surface area contributed by atoms with Gasteiger partial charge < -0.3 is 4.74 Å². The Morgan fingerprint density at radius 2 is 1.96 bits per heavy atom. The molecule has 124 valence electrons. The average molecular weight is 314 g/mol. The molecule has 3 nitrogen and oxygen atoms in total. The number of ether oxygens (including phenoxy) is 1. The van der Waals surface area contributed by atoms with Crippen molar-refractivity contribution in [3.63, 3.8) is 0 Å². The van der Waals surface area contributed by atoms with Crippen LogP contribution in [-0.4, -0.2) is 18.4 Å². The lowest BCUT2D eigenvalue weighted by Gasteiger charge is -2.15. The predicted octanol–water partition coefficient (Wildman–Crippen LogP) is 4.67. The second-order valence-corrected chi connectivity index (χ2v) is 6.05. The molecular weight excluding hydrogens is 288 g/mol. The highest BCUT2D eigenvalue weighted by Gasteiger charge is 2.11. The van der Waals surface area contributed by atoms with Crippen molar-refractivity contribution < 1.29 is 14.3 Å². The first-order chi connectivity index (χ1) is 10.9. The van der Waals surface area contributed by atoms with Gasteiger partial charge in [-0.05, 0) is 51.3 Å². The highest BCUT2D eigenvalue weighted by molar-refractivity contribution is 5.74. The molecule has 0 saturated carbocycles. The summed E-state index contributed by atoms with van der Waals surface area (Å²) < 4.78 is 5.41. The third-order valence-electron chi connectivity index (χ3n) is 3.40. The molecule has 0 fully saturated rings. The lowest BCUT2D eigenvalue weighted by molar-refractivity contribution is -0.144. The topological polar surface area (TPSA) is 43.4 Å². The molecule has 1 aromatic carbocycles. The molecule has 1 rings (SSSR count). The van der Waals surface area contributed by atoms with Crippen LogP contribution in [0.3, 0.4) is 0 Å². The largest absolute Gasteiger partial charge is 0.458 e. The van der Waals surface area contributed by atoms with E-state index in [2.05, 4.69) is 26.8 Å². The Bertz CT molecular complexity index is 593. The zero-order chi connectivity index (χ0) is 17.2. The van der Waals surface area contributed by atoms with E-state index in [1.54, 1.807) is 6.07 Å². The highest BCUT2D eigenvalue weighted by atomic mass is 16.5. The Morgan fingerprint density at radius 3 is 2.57 bits per heavy atom. The molecule has 0 spiro atoms. The van der Waals surface area contributed by atoms with Gasteiger partial charge in [0.05, 0.1) is 0 Å². The zero-order valence-corrected chi connectivity index (χ0v) is 14.5. The molecule has 0 saturated heterocycles. The number of rotatable bonds is 8. The van der Waals surface area contributed by atoms with E-state index < -0.39 is 0 Å². The summed E-state index contributed by atoms with van der Waals surface area (Å²) in [6.07, 6.45) is 7.22. The van der Waals surface area contributed by atoms with Gasteiger partial charge in [-0.2, -0.15) is 0 Å². The Kier molecular flexibility index (Phi) is 8.03. The monoisotopic (exact) mass is 314 g/mol. The Balaban J connectivity index is 2.80. The summed E-state index contributed by atoms with van der Waals surface area (Å²) in [6, 6.07) is 7.37. The number of allylic oxidation sites excluding steroid dienone is 3. The van der Waals surface area contributed by atoms with E-state index in [-0.39, 0.29) is 12.1 Å². The molecule has 1 aromatic rings. The molecule has 3 heteroatoms. The Labute approximate surface area is 139 Å². The minimum atomic E-state index is -0.305. The van der Waals surface area contributed by atoms with Crippen LogP contribution in [0.2, 0.25) is 0 Å². The first-order valence-electron chi connectivity index (χ1n) is 7.92. The quantitative estimate of drug-likeness (QED) is 0.398. The SMILES string of the molecule is CC(=O)OC(C=C(C)CCC=C(C)C)Cc1cccc(C=O)c1. The number of hydrogen-bond donors (Lipinski definition) is 0. The van der Waals surface area contributed by atoms with Crippen LogP contribution in [0.1, 0.15) is 56.5 Å². The number of benzene rings is 1. The Hall–Kier alpha value is -2.16. The summed E-state index contributed by atoms with van der Waals surface area (Å²) in [7, 11) is 0. The normalized spacial score (nSPS) is 12.4. The molecule has 0 aliphatic rings. The van der Waals surface area contributed by atoms with E-state index in [9.17, 15) is 9.59 Å². The maximum absolute atomic E-state index is 11.3. The van der Waals surface area contributed by atoms with Gasteiger partial charge in [-0.25, -0.2) is 0 Å². The predicted molar refractivity (Wildman–Crippen MR) is 93.5 cm³/mol. The van der Waals surface area contributed by atoms with Gasteiger partial charge in [0.2, 0.25) is 0 Å². The van der Waals surface area contributed by atoms with Crippen molar-refractivity contribution in [1.29, 1.82) is 0 Å². The number of carbonyl (C=O) groups is 2. The summed E-state index contributed by atoms with van der Waals surface area (Å²) in [4.78, 5) is 22.2. The van der Waals surface area contributed by atoms with Crippen molar-refractivity contribution in [2.24, 2.45) is 0 Å². The first-order valence-corrected chi connectivity index (χ1v) is 7.92. The summed E-state index contributed by atoms with van der Waals surface area (Å²) in [6.45, 7) is 7.64. The van der Waals surface area contributed by atoms with Crippen molar-refractivity contribution in [3.05, 3.63) is 58.7 Å². The molecule has 0 aromatic heterocycles. The van der Waals surface area contributed by atoms with E-state index in [1.165, 1.54) is 18.1 Å². The van der Waals surface area contributed by atoms with Crippen molar-refractivity contribution in [2.75, 3.05) is 0 Å². The first kappa shape index (κ1) is 18.9. The van der Waals surface area contributed by atoms with Gasteiger partial charge in [-0.15, -0.1) is 0 Å². The fourth-order valence-electron chi connectivity index (χ4n) is 2.36. The Morgan fingerprint density at radius 1 is 1.22 bits per heavy atom. The van der Waals surface area contributed by atoms with Crippen molar-refractivity contribution >= 4 is 12.3 Å². The fourth-order valence-corrected chi connectivity index (χ4v) is 2.36. The molecule has 23 heavy (non-hydrogen) atoms. The van der Waals surface area contributed by atoms with Crippen LogP contribution in [0.4, 0.5) is 0 Å². The lowest BCUT2D eigenvalue weighted by atomic mass is 10.0. The van der Waals surface area contributed by atoms with Gasteiger partial charge in [-0.1, -0.05) is 35.4 Å². The number of carbonyl (C=O) groups excluding carboxylic acids is 2. The second kappa shape index (κ2) is 9.78. The second-order valence-electron chi connectivity index (χ2n) is 6.05. The summed E-state index contributed by atoms with van der Waals surface area (Å²) in [5.74, 6) is -0.296. The van der Waals surface area contributed by atoms with Crippen LogP contribution >= 0.6 is 0 Å². The van der Waals surface area contributed by atoms with Crippen molar-refractivity contribution in [2.45, 2.75) is 53.1 Å². The van der Waals surface area contributed by atoms with Crippen molar-refractivity contribution in [1.82, 2.24) is 0 Å². The van der Waals surface area contributed by atoms with Crippen LogP contribution < -0.4 is 0 Å². The number of esters is 1. The van der Waals surface area contributed by atoms with Crippen LogP contribution in [0.15, 0.2) is 47.6 Å². The molecule has 0 radical (unpaired) electrons. The van der Waals surface area contributed by atoms with E-state index in [4.69, 9.17) is 4.74 Å². The van der Waals surface area contributed by atoms with Gasteiger partial charge in [-0.3, -0.25) is 9.59 Å². The summed E-state index contributed by atoms with van der Waals surface area (Å²) in [5.41, 5.74) is 4.11. The maximum Gasteiger partial charge on any atom is 0.303 e. The third-order valence-corrected chi connectivity index (χ3v) is 3.40. The van der Waals surface area contributed by atoms with Crippen LogP contribution in [0.25, 0.3) is 0 Å². The van der Waals surface area contributed by atoms with Crippen LogP contribution in [0, 0.1) is 0 Å². The number of aldehydes is 1. The molecule has 0 heterocycles. The van der Waals surface area contributed by atoms with Crippen LogP contribution in [0.5, 0.6) is 0 Å². The minimum Gasteiger partial charge on any atom is -0.458 e. The summed E-state index contributed by atoms with van der Waals surface area (Å²) in [5, 5.41) is 0. The van der Waals surface area contributed by atoms with E-state index in [0.717, 1.165) is 24.7 Å². The smallest absolute Gasteiger partial charge is 0.303 e. The van der Waals surface area contributed by atoms with E-state index >= 15 is 0 Å². The van der Waals surface area contributed by atoms with Gasteiger partial charge >= 0.3 is 5.97 Å². The third kappa shape index (κ3) is 8.15. The van der Waals surface area contributed by atoms with Gasteiger partial charge in [0.25, 0.3) is 0 Å². The molecule has 1 unspecified atom stereocenters. The molecular formula is C20H26O3. The molecule has 1 atom stereocenters. The standard InChI is InChI=1S/C20H26O3/c1-15(2)7-5-8-16(3)11-20(23-17(4)22)13-18-9-6-10-19(12-18)14-21/h6-7,9-12,14,20H,5,8,13H2,1-4H3. The molecule has 0 N–H and O–H groups in total. The van der Waals surface area contributed by atoms with Crippen molar-refractivity contribution in [3.8, 4) is 0 Å². The molecule has 0 amide bonds. The van der Waals surface area contributed by atoms with E-state index in [1.807, 2.05) is 24.3 Å². The average Bonchev–Trinajstić information content (AvgIpc) is 2.46. The lowest BCUT2D eigenvalue weighted by Crippen LogP contribution is -2.17. The van der Waals surface area contributed by atoms with Gasteiger partial charge in [0.15, 0.2) is 0 Å². The fraction of sp³-hybridized carbons (Fsp3) is 0.400. The van der Waals surface area contributed by atoms with Gasteiger partial charge in [0.1, 0.15) is 12.4 Å². The van der Waals surface area contributed by atoms with Crippen LogP contribution in [-0.2, 0) is 16.0 Å². The minimum absolute atomic E-state index is 0.296. The molecule has 0 bridgehead atoms. The molecule has 0 aliphatic heterocycles. The number of hydrogen-bond acceptors (Lipinski definition) is 3. The molecule has 0 aliphatic carbocycles.